The molecule has 0 radical (unpaired) electrons. The van der Waals surface area contributed by atoms with Crippen LogP contribution < -0.4 is 0 Å². The van der Waals surface area contributed by atoms with Crippen molar-refractivity contribution in [3.05, 3.63) is 25.0 Å². The summed E-state index contributed by atoms with van der Waals surface area (Å²) in [7, 11) is 0. The number of hydrogen-bond acceptors (Lipinski definition) is 2. The van der Waals surface area contributed by atoms with E-state index < -0.39 is 0 Å². The van der Waals surface area contributed by atoms with E-state index >= 15 is 0 Å². The predicted molar refractivity (Wildman–Crippen MR) is 46.6 cm³/mol. The fraction of sp³-hybridized carbons (Fsp3) is 0.444. The zero-order valence-electron chi connectivity index (χ0n) is 7.41. The molecule has 66 valence electrons. The van der Waals surface area contributed by atoms with Crippen LogP contribution in [0.3, 0.4) is 0 Å². The molecule has 0 unspecified atom stereocenters. The molecule has 0 saturated carbocycles. The van der Waals surface area contributed by atoms with E-state index in [2.05, 4.69) is 6.58 Å². The van der Waals surface area contributed by atoms with Crippen LogP contribution in [0.2, 0.25) is 0 Å². The summed E-state index contributed by atoms with van der Waals surface area (Å²) >= 11 is 0. The molecule has 0 spiro atoms. The van der Waals surface area contributed by atoms with Gasteiger partial charge in [0.25, 0.3) is 0 Å². The van der Waals surface area contributed by atoms with Crippen molar-refractivity contribution in [2.45, 2.75) is 19.4 Å². The maximum atomic E-state index is 11.2. The molecule has 0 atom stereocenters. The van der Waals surface area contributed by atoms with Crippen LogP contribution in [-0.2, 0) is 4.74 Å². The summed E-state index contributed by atoms with van der Waals surface area (Å²) in [6, 6.07) is 0. The van der Waals surface area contributed by atoms with Crippen molar-refractivity contribution in [1.29, 1.82) is 0 Å². The summed E-state index contributed by atoms with van der Waals surface area (Å²) in [6.07, 6.45) is 4.64. The number of hydrogen-bond donors (Lipinski definition) is 0. The third-order valence-electron chi connectivity index (χ3n) is 1.87. The van der Waals surface area contributed by atoms with E-state index in [-0.39, 0.29) is 11.6 Å². The highest BCUT2D eigenvalue weighted by Gasteiger charge is 2.31. The first kappa shape index (κ1) is 8.84. The van der Waals surface area contributed by atoms with Crippen LogP contribution in [0.15, 0.2) is 25.0 Å². The summed E-state index contributed by atoms with van der Waals surface area (Å²) < 4.78 is 4.74. The van der Waals surface area contributed by atoms with Gasteiger partial charge in [0.05, 0.1) is 11.8 Å². The molecule has 0 saturated heterocycles. The van der Waals surface area contributed by atoms with Gasteiger partial charge in [-0.15, -0.1) is 6.58 Å². The molecule has 0 aromatic heterocycles. The Kier molecular flexibility index (Phi) is 2.22. The molecule has 1 amide bonds. The van der Waals surface area contributed by atoms with E-state index in [1.54, 1.807) is 11.0 Å². The van der Waals surface area contributed by atoms with Crippen LogP contribution in [0, 0.1) is 0 Å². The highest BCUT2D eigenvalue weighted by Crippen LogP contribution is 2.21. The summed E-state index contributed by atoms with van der Waals surface area (Å²) in [5.41, 5.74) is -0.274. The van der Waals surface area contributed by atoms with Crippen molar-refractivity contribution in [1.82, 2.24) is 4.90 Å². The van der Waals surface area contributed by atoms with Gasteiger partial charge in [-0.3, -0.25) is 4.90 Å². The van der Waals surface area contributed by atoms with E-state index in [1.165, 1.54) is 6.26 Å². The van der Waals surface area contributed by atoms with Crippen molar-refractivity contribution in [2.24, 2.45) is 0 Å². The molecular weight excluding hydrogens is 154 g/mol. The zero-order valence-corrected chi connectivity index (χ0v) is 7.41. The van der Waals surface area contributed by atoms with E-state index in [4.69, 9.17) is 4.74 Å². The minimum atomic E-state index is -0.317. The van der Waals surface area contributed by atoms with Crippen LogP contribution in [0.25, 0.3) is 0 Å². The molecule has 3 nitrogen and oxygen atoms in total. The molecule has 1 rings (SSSR count). The number of rotatable bonds is 2. The average Bonchev–Trinajstić information content (AvgIpc) is 1.97. The normalized spacial score (nSPS) is 20.5. The van der Waals surface area contributed by atoms with Crippen LogP contribution in [-0.4, -0.2) is 23.1 Å². The number of cyclic esters (lactones) is 1. The van der Waals surface area contributed by atoms with Crippen molar-refractivity contribution < 1.29 is 9.53 Å². The quantitative estimate of drug-likeness (QED) is 0.588. The Morgan fingerprint density at radius 2 is 2.42 bits per heavy atom. The highest BCUT2D eigenvalue weighted by atomic mass is 16.5. The second-order valence-electron chi connectivity index (χ2n) is 3.24. The van der Waals surface area contributed by atoms with Crippen molar-refractivity contribution in [3.63, 3.8) is 0 Å². The van der Waals surface area contributed by atoms with E-state index in [1.807, 2.05) is 19.9 Å². The van der Waals surface area contributed by atoms with Gasteiger partial charge < -0.3 is 4.74 Å². The zero-order chi connectivity index (χ0) is 9.19. The van der Waals surface area contributed by atoms with Crippen molar-refractivity contribution >= 4 is 6.09 Å². The molecule has 3 heteroatoms. The maximum absolute atomic E-state index is 11.2. The topological polar surface area (TPSA) is 29.5 Å². The maximum Gasteiger partial charge on any atom is 0.415 e. The second-order valence-corrected chi connectivity index (χ2v) is 3.24. The Balaban J connectivity index is 2.85. The second kappa shape index (κ2) is 3.01. The standard InChI is InChI=1S/C9H13NO2/c1-4-6-10-8(11)12-7-5-9(10,2)3/h4-5,7H,1,6H2,2-3H3. The van der Waals surface area contributed by atoms with Gasteiger partial charge in [-0.2, -0.15) is 0 Å². The van der Waals surface area contributed by atoms with E-state index in [0.29, 0.717) is 6.54 Å². The van der Waals surface area contributed by atoms with Gasteiger partial charge in [0.2, 0.25) is 0 Å². The van der Waals surface area contributed by atoms with Gasteiger partial charge >= 0.3 is 6.09 Å². The molecule has 0 aromatic carbocycles. The predicted octanol–water partition coefficient (Wildman–Crippen LogP) is 1.92. The Hall–Kier alpha value is -1.25. The Labute approximate surface area is 72.3 Å². The lowest BCUT2D eigenvalue weighted by Gasteiger charge is -2.36. The van der Waals surface area contributed by atoms with Gasteiger partial charge in [-0.05, 0) is 19.9 Å². The van der Waals surface area contributed by atoms with E-state index in [0.717, 1.165) is 0 Å². The third-order valence-corrected chi connectivity index (χ3v) is 1.87. The molecular formula is C9H13NO2. The van der Waals surface area contributed by atoms with Crippen LogP contribution >= 0.6 is 0 Å². The highest BCUT2D eigenvalue weighted by molar-refractivity contribution is 5.71. The minimum Gasteiger partial charge on any atom is -0.418 e. The third kappa shape index (κ3) is 1.49. The van der Waals surface area contributed by atoms with Gasteiger partial charge in [0.1, 0.15) is 0 Å². The SMILES string of the molecule is C=CCN1C(=O)OC=CC1(C)C. The number of nitrogens with zero attached hydrogens (tertiary/aromatic N) is 1. The lowest BCUT2D eigenvalue weighted by Crippen LogP contribution is -2.48. The van der Waals surface area contributed by atoms with Crippen molar-refractivity contribution in [3.8, 4) is 0 Å². The molecule has 0 bridgehead atoms. The van der Waals surface area contributed by atoms with Gasteiger partial charge in [-0.1, -0.05) is 6.08 Å². The Bertz CT molecular complexity index is 231. The Morgan fingerprint density at radius 3 is 2.92 bits per heavy atom. The molecule has 0 N–H and O–H groups in total. The first-order chi connectivity index (χ1) is 5.58. The number of amides is 1. The number of carbonyl (C=O) groups excluding carboxylic acids is 1. The first-order valence-electron chi connectivity index (χ1n) is 3.85. The summed E-state index contributed by atoms with van der Waals surface area (Å²) in [6.45, 7) is 7.99. The molecule has 1 aliphatic rings. The van der Waals surface area contributed by atoms with Gasteiger partial charge in [0.15, 0.2) is 0 Å². The first-order valence-corrected chi connectivity index (χ1v) is 3.85. The van der Waals surface area contributed by atoms with Crippen LogP contribution in [0.5, 0.6) is 0 Å². The molecule has 1 aliphatic heterocycles. The molecule has 0 aliphatic carbocycles. The largest absolute Gasteiger partial charge is 0.418 e. The summed E-state index contributed by atoms with van der Waals surface area (Å²) in [5.74, 6) is 0. The number of carbonyl (C=O) groups is 1. The average molecular weight is 167 g/mol. The monoisotopic (exact) mass is 167 g/mol. The van der Waals surface area contributed by atoms with Crippen LogP contribution in [0.4, 0.5) is 4.79 Å². The molecule has 12 heavy (non-hydrogen) atoms. The summed E-state index contributed by atoms with van der Waals surface area (Å²) in [4.78, 5) is 12.8. The molecule has 0 aromatic rings. The minimum absolute atomic E-state index is 0.274. The van der Waals surface area contributed by atoms with E-state index in [9.17, 15) is 4.79 Å². The van der Waals surface area contributed by atoms with Crippen LogP contribution in [0.1, 0.15) is 13.8 Å². The summed E-state index contributed by atoms with van der Waals surface area (Å²) in [5, 5.41) is 0. The smallest absolute Gasteiger partial charge is 0.415 e. The van der Waals surface area contributed by atoms with Crippen molar-refractivity contribution in [2.75, 3.05) is 6.54 Å². The van der Waals surface area contributed by atoms with Gasteiger partial charge in [-0.25, -0.2) is 4.79 Å². The lowest BCUT2D eigenvalue weighted by molar-refractivity contribution is 0.0971. The molecule has 1 heterocycles. The Morgan fingerprint density at radius 1 is 1.75 bits per heavy atom. The lowest BCUT2D eigenvalue weighted by atomic mass is 10.0. The molecule has 0 fully saturated rings. The fourth-order valence-electron chi connectivity index (χ4n) is 1.09. The number of ether oxygens (including phenoxy) is 1. The van der Waals surface area contributed by atoms with Gasteiger partial charge in [0, 0.05) is 6.54 Å². The fourth-order valence-corrected chi connectivity index (χ4v) is 1.09.